The van der Waals surface area contributed by atoms with E-state index >= 15 is 0 Å². The smallest absolute Gasteiger partial charge is 0.336 e. The summed E-state index contributed by atoms with van der Waals surface area (Å²) in [6.45, 7) is 11.3. The largest absolute Gasteiger partial charge is 0.365 e. The van der Waals surface area contributed by atoms with Gasteiger partial charge in [-0.25, -0.2) is 28.1 Å². The predicted octanol–water partition coefficient (Wildman–Crippen LogP) is -0.287. The van der Waals surface area contributed by atoms with E-state index in [1.54, 1.807) is 0 Å². The third-order valence-electron chi connectivity index (χ3n) is 5.14. The van der Waals surface area contributed by atoms with Crippen molar-refractivity contribution in [1.82, 2.24) is 13.7 Å². The highest BCUT2D eigenvalue weighted by Gasteiger charge is 2.51. The molecular weight excluding hydrogens is 314 g/mol. The molecule has 0 aliphatic carbocycles. The highest BCUT2D eigenvalue weighted by molar-refractivity contribution is 5.00. The molecule has 8 heteroatoms. The molecule has 3 rings (SSSR count). The molecule has 132 valence electrons. The number of rotatable bonds is 6. The van der Waals surface area contributed by atoms with Crippen molar-refractivity contribution in [3.8, 4) is 0 Å². The minimum absolute atomic E-state index is 0.0399. The molecule has 1 aromatic rings. The molecule has 0 amide bonds. The molecule has 0 aromatic carbocycles. The highest BCUT2D eigenvalue weighted by Crippen LogP contribution is 2.37. The molecule has 4 atom stereocenters. The first-order valence-electron chi connectivity index (χ1n) is 8.04. The topological polar surface area (TPSA) is 91.1 Å². The summed E-state index contributed by atoms with van der Waals surface area (Å²) in [5, 5.41) is 0. The average Bonchev–Trinajstić information content (AvgIpc) is 3.32. The van der Waals surface area contributed by atoms with Gasteiger partial charge in [-0.2, -0.15) is 0 Å². The number of allylic oxidation sites excluding steroid dienone is 1. The third-order valence-corrected chi connectivity index (χ3v) is 5.14. The van der Waals surface area contributed by atoms with Crippen molar-refractivity contribution in [1.29, 1.82) is 0 Å². The molecule has 0 radical (unpaired) electrons. The van der Waals surface area contributed by atoms with Crippen molar-refractivity contribution in [2.75, 3.05) is 0 Å². The monoisotopic (exact) mass is 337 g/mol. The lowest BCUT2D eigenvalue weighted by Crippen LogP contribution is -2.56. The van der Waals surface area contributed by atoms with E-state index in [1.165, 1.54) is 6.08 Å². The second kappa shape index (κ2) is 5.29. The van der Waals surface area contributed by atoms with Crippen LogP contribution in [0, 0.1) is 0 Å². The Balaban J connectivity index is 2.12. The zero-order chi connectivity index (χ0) is 17.9. The molecule has 0 N–H and O–H groups in total. The fourth-order valence-electron chi connectivity index (χ4n) is 2.94. The van der Waals surface area contributed by atoms with Gasteiger partial charge in [0.15, 0.2) is 0 Å². The van der Waals surface area contributed by atoms with Gasteiger partial charge in [-0.15, -0.1) is 6.58 Å². The third kappa shape index (κ3) is 2.59. The lowest BCUT2D eigenvalue weighted by Gasteiger charge is -2.16. The SMILES string of the molecule is C=CCn1c(=O)n(CC2(C)OC2C)c(=O)n(CC2(C)OC2C)c1=O. The van der Waals surface area contributed by atoms with E-state index in [9.17, 15) is 14.4 Å². The van der Waals surface area contributed by atoms with Crippen LogP contribution < -0.4 is 17.1 Å². The van der Waals surface area contributed by atoms with Crippen LogP contribution in [-0.4, -0.2) is 37.1 Å². The number of aromatic nitrogens is 3. The van der Waals surface area contributed by atoms with Crippen LogP contribution in [0.25, 0.3) is 0 Å². The number of hydrogen-bond acceptors (Lipinski definition) is 5. The van der Waals surface area contributed by atoms with Crippen molar-refractivity contribution in [3.63, 3.8) is 0 Å². The van der Waals surface area contributed by atoms with Gasteiger partial charge >= 0.3 is 17.1 Å². The molecule has 2 saturated heterocycles. The second-order valence-electron chi connectivity index (χ2n) is 7.06. The summed E-state index contributed by atoms with van der Waals surface area (Å²) in [5.41, 5.74) is -3.03. The predicted molar refractivity (Wildman–Crippen MR) is 87.3 cm³/mol. The summed E-state index contributed by atoms with van der Waals surface area (Å²) in [4.78, 5) is 37.9. The Morgan fingerprint density at radius 2 is 1.25 bits per heavy atom. The fourth-order valence-corrected chi connectivity index (χ4v) is 2.94. The Labute approximate surface area is 138 Å². The van der Waals surface area contributed by atoms with E-state index in [0.717, 1.165) is 13.7 Å². The van der Waals surface area contributed by atoms with Crippen molar-refractivity contribution in [3.05, 3.63) is 44.1 Å². The number of ether oxygens (including phenoxy) is 2. The van der Waals surface area contributed by atoms with Crippen LogP contribution in [0.3, 0.4) is 0 Å². The van der Waals surface area contributed by atoms with Crippen molar-refractivity contribution in [2.45, 2.75) is 70.7 Å². The highest BCUT2D eigenvalue weighted by atomic mass is 16.6. The molecule has 4 unspecified atom stereocenters. The van der Waals surface area contributed by atoms with Crippen LogP contribution in [0.1, 0.15) is 27.7 Å². The van der Waals surface area contributed by atoms with Gasteiger partial charge in [-0.05, 0) is 27.7 Å². The Morgan fingerprint density at radius 3 is 1.54 bits per heavy atom. The molecular formula is C16H23N3O5. The van der Waals surface area contributed by atoms with Crippen LogP contribution in [0.5, 0.6) is 0 Å². The van der Waals surface area contributed by atoms with Crippen molar-refractivity contribution < 1.29 is 9.47 Å². The molecule has 0 saturated carbocycles. The first-order valence-corrected chi connectivity index (χ1v) is 8.04. The van der Waals surface area contributed by atoms with Gasteiger partial charge in [0.25, 0.3) is 0 Å². The molecule has 0 bridgehead atoms. The molecule has 2 aliphatic rings. The first kappa shape index (κ1) is 16.9. The molecule has 8 nitrogen and oxygen atoms in total. The standard InChI is InChI=1S/C16H23N3O5/c1-6-7-17-12(20)18(8-15(4)10(2)23-15)14(22)19(13(17)21)9-16(5)11(3)24-16/h6,10-11H,1,7-9H2,2-5H3. The van der Waals surface area contributed by atoms with Crippen LogP contribution >= 0.6 is 0 Å². The molecule has 3 heterocycles. The second-order valence-corrected chi connectivity index (χ2v) is 7.06. The summed E-state index contributed by atoms with van der Waals surface area (Å²) < 4.78 is 14.1. The van der Waals surface area contributed by atoms with Crippen molar-refractivity contribution in [2.24, 2.45) is 0 Å². The van der Waals surface area contributed by atoms with E-state index < -0.39 is 28.3 Å². The van der Waals surface area contributed by atoms with Gasteiger partial charge in [0.05, 0.1) is 31.8 Å². The zero-order valence-electron chi connectivity index (χ0n) is 14.4. The molecule has 1 aromatic heterocycles. The van der Waals surface area contributed by atoms with Crippen LogP contribution in [-0.2, 0) is 29.1 Å². The van der Waals surface area contributed by atoms with E-state index in [2.05, 4.69) is 6.58 Å². The summed E-state index contributed by atoms with van der Waals surface area (Å²) in [6, 6.07) is 0. The molecule has 2 fully saturated rings. The first-order chi connectivity index (χ1) is 11.1. The minimum Gasteiger partial charge on any atom is -0.365 e. The quantitative estimate of drug-likeness (QED) is 0.526. The maximum absolute atomic E-state index is 12.8. The molecule has 0 spiro atoms. The van der Waals surface area contributed by atoms with Crippen molar-refractivity contribution >= 4 is 0 Å². The molecule has 2 aliphatic heterocycles. The number of hydrogen-bond donors (Lipinski definition) is 0. The fraction of sp³-hybridized carbons (Fsp3) is 0.688. The summed E-state index contributed by atoms with van der Waals surface area (Å²) >= 11 is 0. The lowest BCUT2D eigenvalue weighted by atomic mass is 10.1. The Hall–Kier alpha value is -1.93. The van der Waals surface area contributed by atoms with Crippen LogP contribution in [0.4, 0.5) is 0 Å². The maximum atomic E-state index is 12.8. The van der Waals surface area contributed by atoms with E-state index in [0.29, 0.717) is 0 Å². The van der Waals surface area contributed by atoms with E-state index in [4.69, 9.17) is 9.47 Å². The van der Waals surface area contributed by atoms with Crippen LogP contribution in [0.15, 0.2) is 27.0 Å². The van der Waals surface area contributed by atoms with Gasteiger partial charge in [0, 0.05) is 0 Å². The van der Waals surface area contributed by atoms with Gasteiger partial charge in [0.2, 0.25) is 0 Å². The summed E-state index contributed by atoms with van der Waals surface area (Å²) in [5.74, 6) is 0. The van der Waals surface area contributed by atoms with E-state index in [-0.39, 0.29) is 31.8 Å². The van der Waals surface area contributed by atoms with Gasteiger partial charge < -0.3 is 9.47 Å². The lowest BCUT2D eigenvalue weighted by molar-refractivity contribution is 0.258. The van der Waals surface area contributed by atoms with Gasteiger partial charge in [0.1, 0.15) is 11.2 Å². The summed E-state index contributed by atoms with van der Waals surface area (Å²) in [6.07, 6.45) is 1.38. The Morgan fingerprint density at radius 1 is 0.917 bits per heavy atom. The number of nitrogens with zero attached hydrogens (tertiary/aromatic N) is 3. The van der Waals surface area contributed by atoms with Gasteiger partial charge in [-0.3, -0.25) is 0 Å². The number of epoxide rings is 2. The molecule has 24 heavy (non-hydrogen) atoms. The Kier molecular flexibility index (Phi) is 3.72. The van der Waals surface area contributed by atoms with E-state index in [1.807, 2.05) is 27.7 Å². The van der Waals surface area contributed by atoms with Crippen LogP contribution in [0.2, 0.25) is 0 Å². The van der Waals surface area contributed by atoms with Gasteiger partial charge in [-0.1, -0.05) is 6.08 Å². The summed E-state index contributed by atoms with van der Waals surface area (Å²) in [7, 11) is 0. The maximum Gasteiger partial charge on any atom is 0.336 e. The minimum atomic E-state index is -0.639. The normalized spacial score (nSPS) is 34.2. The Bertz CT molecular complexity index is 804. The zero-order valence-corrected chi connectivity index (χ0v) is 14.4. The average molecular weight is 337 g/mol.